The lowest BCUT2D eigenvalue weighted by Gasteiger charge is -2.30. The van der Waals surface area contributed by atoms with Crippen molar-refractivity contribution in [1.29, 1.82) is 0 Å². The first-order valence-corrected chi connectivity index (χ1v) is 9.31. The first kappa shape index (κ1) is 19.7. The van der Waals surface area contributed by atoms with Gasteiger partial charge in [0.15, 0.2) is 5.11 Å². The van der Waals surface area contributed by atoms with Gasteiger partial charge in [0.25, 0.3) is 5.91 Å². The number of benzene rings is 2. The third kappa shape index (κ3) is 4.26. The topological polar surface area (TPSA) is 65.6 Å². The number of anilines is 2. The predicted octanol–water partition coefficient (Wildman–Crippen LogP) is 3.19. The van der Waals surface area contributed by atoms with Crippen LogP contribution < -0.4 is 25.6 Å². The summed E-state index contributed by atoms with van der Waals surface area (Å²) in [4.78, 5) is 15.1. The number of nitrogens with zero attached hydrogens (tertiary/aromatic N) is 1. The predicted molar refractivity (Wildman–Crippen MR) is 117 cm³/mol. The van der Waals surface area contributed by atoms with Gasteiger partial charge in [0.2, 0.25) is 0 Å². The van der Waals surface area contributed by atoms with E-state index >= 15 is 0 Å². The Morgan fingerprint density at radius 2 is 1.89 bits per heavy atom. The minimum Gasteiger partial charge on any atom is -0.497 e. The molecule has 1 aliphatic rings. The van der Waals surface area contributed by atoms with Crippen LogP contribution in [0.2, 0.25) is 0 Å². The molecule has 0 aromatic heterocycles. The fourth-order valence-corrected chi connectivity index (χ4v) is 3.38. The van der Waals surface area contributed by atoms with Crippen LogP contribution in [0.5, 0.6) is 5.75 Å². The Morgan fingerprint density at radius 3 is 2.54 bits per heavy atom. The number of rotatable bonds is 5. The summed E-state index contributed by atoms with van der Waals surface area (Å²) in [6, 6.07) is 15.0. The summed E-state index contributed by atoms with van der Waals surface area (Å²) in [5, 5.41) is 9.72. The van der Waals surface area contributed by atoms with Crippen molar-refractivity contribution >= 4 is 34.6 Å². The summed E-state index contributed by atoms with van der Waals surface area (Å²) >= 11 is 5.32. The smallest absolute Gasteiger partial charge is 0.255 e. The quantitative estimate of drug-likeness (QED) is 0.675. The molecule has 3 rings (SSSR count). The van der Waals surface area contributed by atoms with Gasteiger partial charge in [0.1, 0.15) is 5.75 Å². The molecule has 0 saturated carbocycles. The summed E-state index contributed by atoms with van der Waals surface area (Å²) in [5.74, 6) is 0.482. The molecule has 0 bridgehead atoms. The van der Waals surface area contributed by atoms with E-state index in [-0.39, 0.29) is 11.9 Å². The molecule has 0 radical (unpaired) electrons. The molecule has 146 valence electrons. The number of methoxy groups -OCH3 is 1. The first-order chi connectivity index (χ1) is 13.4. The van der Waals surface area contributed by atoms with Crippen LogP contribution in [0.25, 0.3) is 0 Å². The average molecular weight is 397 g/mol. The monoisotopic (exact) mass is 396 g/mol. The summed E-state index contributed by atoms with van der Waals surface area (Å²) in [7, 11) is 5.57. The second-order valence-corrected chi connectivity index (χ2v) is 7.15. The van der Waals surface area contributed by atoms with E-state index < -0.39 is 0 Å². The zero-order valence-electron chi connectivity index (χ0n) is 16.4. The normalized spacial score (nSPS) is 16.1. The Labute approximate surface area is 170 Å². The van der Waals surface area contributed by atoms with Gasteiger partial charge in [-0.1, -0.05) is 18.2 Å². The molecular formula is C21H24N4O2S. The molecule has 2 aromatic rings. The van der Waals surface area contributed by atoms with Crippen molar-refractivity contribution in [3.8, 4) is 5.75 Å². The summed E-state index contributed by atoms with van der Waals surface area (Å²) < 4.78 is 5.23. The summed E-state index contributed by atoms with van der Waals surface area (Å²) in [5.41, 5.74) is 4.03. The van der Waals surface area contributed by atoms with E-state index in [9.17, 15) is 4.79 Å². The lowest BCUT2D eigenvalue weighted by molar-refractivity contribution is -0.113. The summed E-state index contributed by atoms with van der Waals surface area (Å²) in [6.07, 6.45) is 0. The van der Waals surface area contributed by atoms with Crippen LogP contribution in [0.3, 0.4) is 0 Å². The Hall–Kier alpha value is -3.06. The fraction of sp³-hybridized carbons (Fsp3) is 0.238. The van der Waals surface area contributed by atoms with E-state index in [1.54, 1.807) is 13.2 Å². The Morgan fingerprint density at radius 1 is 1.18 bits per heavy atom. The van der Waals surface area contributed by atoms with Crippen molar-refractivity contribution in [1.82, 2.24) is 10.6 Å². The van der Waals surface area contributed by atoms with Crippen LogP contribution in [0.4, 0.5) is 11.4 Å². The molecule has 0 unspecified atom stereocenters. The molecule has 2 aromatic carbocycles. The van der Waals surface area contributed by atoms with Crippen molar-refractivity contribution in [3.63, 3.8) is 0 Å². The fourth-order valence-electron chi connectivity index (χ4n) is 3.11. The molecule has 1 atom stereocenters. The van der Waals surface area contributed by atoms with Gasteiger partial charge >= 0.3 is 0 Å². The second-order valence-electron chi connectivity index (χ2n) is 6.74. The molecule has 0 spiro atoms. The van der Waals surface area contributed by atoms with Gasteiger partial charge < -0.3 is 25.6 Å². The van der Waals surface area contributed by atoms with E-state index in [1.165, 1.54) is 0 Å². The molecule has 7 heteroatoms. The Bertz CT molecular complexity index is 922. The van der Waals surface area contributed by atoms with Crippen molar-refractivity contribution in [3.05, 3.63) is 65.4 Å². The highest BCUT2D eigenvalue weighted by Gasteiger charge is 2.30. The van der Waals surface area contributed by atoms with Crippen molar-refractivity contribution < 1.29 is 9.53 Å². The average Bonchev–Trinajstić information content (AvgIpc) is 2.67. The lowest BCUT2D eigenvalue weighted by atomic mass is 9.94. The highest BCUT2D eigenvalue weighted by atomic mass is 32.1. The van der Waals surface area contributed by atoms with Crippen molar-refractivity contribution in [2.75, 3.05) is 31.4 Å². The van der Waals surface area contributed by atoms with Crippen LogP contribution >= 0.6 is 12.2 Å². The SMILES string of the molecule is COc1cccc(NC(=O)C2=C(C)NC(=S)N[C@H]2c2ccc(N(C)C)cc2)c1. The molecular weight excluding hydrogens is 372 g/mol. The van der Waals surface area contributed by atoms with E-state index in [4.69, 9.17) is 17.0 Å². The van der Waals surface area contributed by atoms with Gasteiger partial charge in [-0.25, -0.2) is 0 Å². The third-order valence-electron chi connectivity index (χ3n) is 4.58. The van der Waals surface area contributed by atoms with Crippen LogP contribution in [-0.4, -0.2) is 32.2 Å². The van der Waals surface area contributed by atoms with E-state index in [0.717, 1.165) is 16.9 Å². The maximum Gasteiger partial charge on any atom is 0.255 e. The molecule has 1 heterocycles. The molecule has 1 aliphatic heterocycles. The van der Waals surface area contributed by atoms with Gasteiger partial charge in [-0.2, -0.15) is 0 Å². The van der Waals surface area contributed by atoms with Gasteiger partial charge in [-0.3, -0.25) is 4.79 Å². The zero-order chi connectivity index (χ0) is 20.3. The van der Waals surface area contributed by atoms with Gasteiger partial charge in [-0.05, 0) is 49.0 Å². The second kappa shape index (κ2) is 8.31. The van der Waals surface area contributed by atoms with Crippen LogP contribution in [0.1, 0.15) is 18.5 Å². The molecule has 1 amide bonds. The largest absolute Gasteiger partial charge is 0.497 e. The molecule has 28 heavy (non-hydrogen) atoms. The van der Waals surface area contributed by atoms with Crippen molar-refractivity contribution in [2.45, 2.75) is 13.0 Å². The number of amides is 1. The lowest BCUT2D eigenvalue weighted by Crippen LogP contribution is -2.45. The van der Waals surface area contributed by atoms with E-state index in [0.29, 0.717) is 22.1 Å². The standard InChI is InChI=1S/C21H24N4O2S/c1-13-18(20(26)23-15-6-5-7-17(12-15)27-4)19(24-21(28)22-13)14-8-10-16(11-9-14)25(2)3/h5-12,19H,1-4H3,(H,23,26)(H2,22,24,28)/t19-/m0/s1. The van der Waals surface area contributed by atoms with Gasteiger partial charge in [-0.15, -0.1) is 0 Å². The molecule has 0 saturated heterocycles. The highest BCUT2D eigenvalue weighted by Crippen LogP contribution is 2.29. The zero-order valence-corrected chi connectivity index (χ0v) is 17.2. The van der Waals surface area contributed by atoms with E-state index in [2.05, 4.69) is 16.0 Å². The van der Waals surface area contributed by atoms with Crippen molar-refractivity contribution in [2.24, 2.45) is 0 Å². The number of allylic oxidation sites excluding steroid dienone is 1. The number of carbonyl (C=O) groups excluding carboxylic acids is 1. The Balaban J connectivity index is 1.91. The maximum atomic E-state index is 13.1. The third-order valence-corrected chi connectivity index (χ3v) is 4.80. The number of hydrogen-bond acceptors (Lipinski definition) is 4. The van der Waals surface area contributed by atoms with Gasteiger partial charge in [0.05, 0.1) is 18.7 Å². The first-order valence-electron chi connectivity index (χ1n) is 8.90. The molecule has 0 fully saturated rings. The number of nitrogens with one attached hydrogen (secondary N) is 3. The number of hydrogen-bond donors (Lipinski definition) is 3. The van der Waals surface area contributed by atoms with Crippen LogP contribution in [-0.2, 0) is 4.79 Å². The Kier molecular flexibility index (Phi) is 5.84. The molecule has 6 nitrogen and oxygen atoms in total. The molecule has 0 aliphatic carbocycles. The maximum absolute atomic E-state index is 13.1. The van der Waals surface area contributed by atoms with Gasteiger partial charge in [0, 0.05) is 37.2 Å². The minimum absolute atomic E-state index is 0.199. The van der Waals surface area contributed by atoms with Crippen LogP contribution in [0.15, 0.2) is 59.8 Å². The highest BCUT2D eigenvalue weighted by molar-refractivity contribution is 7.80. The number of ether oxygens (including phenoxy) is 1. The molecule has 3 N–H and O–H groups in total. The minimum atomic E-state index is -0.337. The van der Waals surface area contributed by atoms with E-state index in [1.807, 2.05) is 68.4 Å². The summed E-state index contributed by atoms with van der Waals surface area (Å²) in [6.45, 7) is 1.86. The number of thiocarbonyl (C=S) groups is 1. The van der Waals surface area contributed by atoms with Crippen LogP contribution in [0, 0.1) is 0 Å². The number of carbonyl (C=O) groups is 1.